The van der Waals surface area contributed by atoms with Crippen molar-refractivity contribution in [3.8, 4) is 0 Å². The second-order valence-corrected chi connectivity index (χ2v) is 6.59. The molecule has 1 saturated heterocycles. The summed E-state index contributed by atoms with van der Waals surface area (Å²) in [4.78, 5) is 30.6. The smallest absolute Gasteiger partial charge is 0.246 e. The van der Waals surface area contributed by atoms with Crippen LogP contribution in [0.2, 0.25) is 0 Å². The van der Waals surface area contributed by atoms with Gasteiger partial charge in [-0.2, -0.15) is 4.98 Å². The third kappa shape index (κ3) is 4.09. The van der Waals surface area contributed by atoms with E-state index in [1.54, 1.807) is 11.8 Å². The van der Waals surface area contributed by atoms with Crippen LogP contribution in [0.3, 0.4) is 0 Å². The number of rotatable bonds is 5. The van der Waals surface area contributed by atoms with Gasteiger partial charge in [0.25, 0.3) is 0 Å². The fourth-order valence-electron chi connectivity index (χ4n) is 3.13. The molecular formula is C17H23N5O4. The first kappa shape index (κ1) is 18.1. The number of nitrogens with one attached hydrogen (secondary N) is 1. The average molecular weight is 361 g/mol. The molecule has 0 aliphatic carbocycles. The van der Waals surface area contributed by atoms with Gasteiger partial charge >= 0.3 is 0 Å². The molecule has 3 heterocycles. The van der Waals surface area contributed by atoms with Gasteiger partial charge in [-0.25, -0.2) is 0 Å². The summed E-state index contributed by atoms with van der Waals surface area (Å²) < 4.78 is 10.1. The molecule has 140 valence electrons. The molecule has 0 radical (unpaired) electrons. The van der Waals surface area contributed by atoms with E-state index in [4.69, 9.17) is 9.05 Å². The normalized spacial score (nSPS) is 15.3. The summed E-state index contributed by atoms with van der Waals surface area (Å²) in [6, 6.07) is 0. The monoisotopic (exact) mass is 361 g/mol. The zero-order valence-electron chi connectivity index (χ0n) is 15.2. The molecule has 0 atom stereocenters. The van der Waals surface area contributed by atoms with Gasteiger partial charge in [-0.05, 0) is 33.6 Å². The van der Waals surface area contributed by atoms with Crippen molar-refractivity contribution >= 4 is 11.8 Å². The van der Waals surface area contributed by atoms with Crippen LogP contribution in [0, 0.1) is 26.7 Å². The minimum atomic E-state index is -0.109. The fourth-order valence-corrected chi connectivity index (χ4v) is 3.13. The maximum absolute atomic E-state index is 12.5. The van der Waals surface area contributed by atoms with E-state index in [2.05, 4.69) is 20.6 Å². The summed E-state index contributed by atoms with van der Waals surface area (Å²) in [5, 5.41) is 10.4. The van der Waals surface area contributed by atoms with Gasteiger partial charge in [0.2, 0.25) is 17.7 Å². The summed E-state index contributed by atoms with van der Waals surface area (Å²) in [5.74, 6) is 1.50. The van der Waals surface area contributed by atoms with Gasteiger partial charge in [-0.3, -0.25) is 9.59 Å². The van der Waals surface area contributed by atoms with Crippen molar-refractivity contribution in [2.75, 3.05) is 13.1 Å². The lowest BCUT2D eigenvalue weighted by atomic mass is 9.95. The van der Waals surface area contributed by atoms with Gasteiger partial charge in [0, 0.05) is 24.6 Å². The van der Waals surface area contributed by atoms with E-state index >= 15 is 0 Å². The highest BCUT2D eigenvalue weighted by Gasteiger charge is 2.28. The molecule has 1 N–H and O–H groups in total. The summed E-state index contributed by atoms with van der Waals surface area (Å²) in [6.07, 6.45) is 1.57. The Labute approximate surface area is 151 Å². The number of carbonyl (C=O) groups is 2. The summed E-state index contributed by atoms with van der Waals surface area (Å²) in [6.45, 7) is 6.74. The summed E-state index contributed by atoms with van der Waals surface area (Å²) >= 11 is 0. The number of nitrogens with zero attached hydrogens (tertiary/aromatic N) is 4. The first-order chi connectivity index (χ1) is 12.4. The molecule has 1 fully saturated rings. The minimum absolute atomic E-state index is 0.0413. The van der Waals surface area contributed by atoms with Crippen LogP contribution in [-0.4, -0.2) is 45.1 Å². The number of likely N-dealkylation sites (tertiary alicyclic amines) is 1. The third-order valence-electron chi connectivity index (χ3n) is 4.71. The van der Waals surface area contributed by atoms with E-state index in [1.165, 1.54) is 0 Å². The maximum Gasteiger partial charge on any atom is 0.246 e. The minimum Gasteiger partial charge on any atom is -0.361 e. The summed E-state index contributed by atoms with van der Waals surface area (Å²) in [5.41, 5.74) is 1.60. The standard InChI is InChI=1S/C17H23N5O4/c1-10-14(11(2)25-20-10)8-16(23)22-6-4-13(5-7-22)17(24)18-9-15-19-12(3)21-26-15/h13H,4-9H2,1-3H3,(H,18,24). The largest absolute Gasteiger partial charge is 0.361 e. The van der Waals surface area contributed by atoms with Crippen molar-refractivity contribution in [2.24, 2.45) is 5.92 Å². The van der Waals surface area contributed by atoms with Crippen LogP contribution in [0.4, 0.5) is 0 Å². The molecule has 1 aliphatic heterocycles. The van der Waals surface area contributed by atoms with Gasteiger partial charge in [0.15, 0.2) is 5.82 Å². The van der Waals surface area contributed by atoms with E-state index in [-0.39, 0.29) is 30.7 Å². The van der Waals surface area contributed by atoms with Gasteiger partial charge in [0.1, 0.15) is 5.76 Å². The molecule has 2 amide bonds. The highest BCUT2D eigenvalue weighted by Crippen LogP contribution is 2.20. The molecule has 0 unspecified atom stereocenters. The van der Waals surface area contributed by atoms with E-state index in [0.717, 1.165) is 11.3 Å². The van der Waals surface area contributed by atoms with Crippen LogP contribution in [0.15, 0.2) is 9.05 Å². The Morgan fingerprint density at radius 3 is 2.46 bits per heavy atom. The number of aryl methyl sites for hydroxylation is 3. The van der Waals surface area contributed by atoms with Gasteiger partial charge < -0.3 is 19.3 Å². The van der Waals surface area contributed by atoms with Crippen LogP contribution in [-0.2, 0) is 22.6 Å². The predicted molar refractivity (Wildman–Crippen MR) is 89.9 cm³/mol. The van der Waals surface area contributed by atoms with Gasteiger partial charge in [-0.15, -0.1) is 0 Å². The fraction of sp³-hybridized carbons (Fsp3) is 0.588. The van der Waals surface area contributed by atoms with Crippen LogP contribution in [0.5, 0.6) is 0 Å². The molecule has 26 heavy (non-hydrogen) atoms. The van der Waals surface area contributed by atoms with Crippen molar-refractivity contribution in [2.45, 2.75) is 46.6 Å². The first-order valence-electron chi connectivity index (χ1n) is 8.70. The lowest BCUT2D eigenvalue weighted by molar-refractivity contribution is -0.135. The Bertz CT molecular complexity index is 769. The molecule has 0 spiro atoms. The maximum atomic E-state index is 12.5. The molecule has 1 aliphatic rings. The molecule has 0 saturated carbocycles. The average Bonchev–Trinajstić information content (AvgIpc) is 3.19. The highest BCUT2D eigenvalue weighted by atomic mass is 16.5. The van der Waals surface area contributed by atoms with E-state index in [1.807, 2.05) is 13.8 Å². The van der Waals surface area contributed by atoms with Crippen LogP contribution in [0.25, 0.3) is 0 Å². The van der Waals surface area contributed by atoms with Crippen LogP contribution in [0.1, 0.15) is 41.6 Å². The van der Waals surface area contributed by atoms with Gasteiger partial charge in [0.05, 0.1) is 18.7 Å². The molecule has 9 heteroatoms. The Morgan fingerprint density at radius 2 is 1.88 bits per heavy atom. The lowest BCUT2D eigenvalue weighted by Crippen LogP contribution is -2.43. The number of piperidine rings is 1. The summed E-state index contributed by atoms with van der Waals surface area (Å²) in [7, 11) is 0. The van der Waals surface area contributed by atoms with Crippen LogP contribution < -0.4 is 5.32 Å². The zero-order valence-corrected chi connectivity index (χ0v) is 15.2. The number of hydrogen-bond acceptors (Lipinski definition) is 7. The number of aromatic nitrogens is 3. The Morgan fingerprint density at radius 1 is 1.15 bits per heavy atom. The van der Waals surface area contributed by atoms with E-state index in [0.29, 0.717) is 43.4 Å². The lowest BCUT2D eigenvalue weighted by Gasteiger charge is -2.31. The quantitative estimate of drug-likeness (QED) is 0.847. The third-order valence-corrected chi connectivity index (χ3v) is 4.71. The Balaban J connectivity index is 1.46. The molecule has 2 aromatic heterocycles. The second-order valence-electron chi connectivity index (χ2n) is 6.59. The Hall–Kier alpha value is -2.71. The van der Waals surface area contributed by atoms with Crippen LogP contribution >= 0.6 is 0 Å². The second kappa shape index (κ2) is 7.67. The topological polar surface area (TPSA) is 114 Å². The molecular weight excluding hydrogens is 338 g/mol. The molecule has 0 aromatic carbocycles. The van der Waals surface area contributed by atoms with Crippen molar-refractivity contribution < 1.29 is 18.6 Å². The number of hydrogen-bond donors (Lipinski definition) is 1. The van der Waals surface area contributed by atoms with Crippen molar-refractivity contribution in [1.29, 1.82) is 0 Å². The van der Waals surface area contributed by atoms with E-state index in [9.17, 15) is 9.59 Å². The zero-order chi connectivity index (χ0) is 18.7. The number of carbonyl (C=O) groups excluding carboxylic acids is 2. The van der Waals surface area contributed by atoms with Crippen molar-refractivity contribution in [3.63, 3.8) is 0 Å². The first-order valence-corrected chi connectivity index (χ1v) is 8.70. The molecule has 9 nitrogen and oxygen atoms in total. The van der Waals surface area contributed by atoms with Crippen molar-refractivity contribution in [1.82, 2.24) is 25.5 Å². The van der Waals surface area contributed by atoms with E-state index < -0.39 is 0 Å². The van der Waals surface area contributed by atoms with Gasteiger partial charge in [-0.1, -0.05) is 10.3 Å². The molecule has 2 aromatic rings. The Kier molecular flexibility index (Phi) is 5.34. The molecule has 0 bridgehead atoms. The SMILES string of the molecule is Cc1noc(CNC(=O)C2CCN(C(=O)Cc3c(C)noc3C)CC2)n1. The molecule has 3 rings (SSSR count). The highest BCUT2D eigenvalue weighted by molar-refractivity contribution is 5.81. The van der Waals surface area contributed by atoms with Crippen molar-refractivity contribution in [3.05, 3.63) is 28.7 Å². The predicted octanol–water partition coefficient (Wildman–Crippen LogP) is 1.08. The number of amides is 2.